The number of halogens is 1. The molecule has 0 amide bonds. The molecule has 0 atom stereocenters. The van der Waals surface area contributed by atoms with Crippen LogP contribution in [0.1, 0.15) is 76.1 Å². The smallest absolute Gasteiger partial charge is 0.113 e. The molecule has 0 saturated carbocycles. The highest BCUT2D eigenvalue weighted by Gasteiger charge is 2.22. The number of hydrogen-bond donors (Lipinski definition) is 0. The zero-order chi connectivity index (χ0) is 15.2. The predicted molar refractivity (Wildman–Crippen MR) is 97.2 cm³/mol. The SMILES string of the molecule is CC(C)c1cc(Br)cc2c1c(C(C)C)c(C(C)C)n2[SiH3]. The Labute approximate surface area is 134 Å². The van der Waals surface area contributed by atoms with Crippen LogP contribution < -0.4 is 0 Å². The summed E-state index contributed by atoms with van der Waals surface area (Å²) in [6, 6.07) is 4.61. The van der Waals surface area contributed by atoms with Crippen molar-refractivity contribution in [3.8, 4) is 0 Å². The summed E-state index contributed by atoms with van der Waals surface area (Å²) in [6.07, 6.45) is 0. The first-order valence-electron chi connectivity index (χ1n) is 7.57. The van der Waals surface area contributed by atoms with Gasteiger partial charge in [0.05, 0.1) is 0 Å². The zero-order valence-corrected chi connectivity index (χ0v) is 17.3. The number of hydrogen-bond acceptors (Lipinski definition) is 0. The van der Waals surface area contributed by atoms with Crippen LogP contribution in [0.4, 0.5) is 0 Å². The van der Waals surface area contributed by atoms with Gasteiger partial charge in [-0.1, -0.05) is 57.5 Å². The van der Waals surface area contributed by atoms with Crippen molar-refractivity contribution in [2.24, 2.45) is 0 Å². The van der Waals surface area contributed by atoms with E-state index in [2.05, 4.69) is 73.8 Å². The topological polar surface area (TPSA) is 4.93 Å². The summed E-state index contributed by atoms with van der Waals surface area (Å²) in [6.45, 7) is 13.9. The summed E-state index contributed by atoms with van der Waals surface area (Å²) in [5.41, 5.74) is 6.01. The highest BCUT2D eigenvalue weighted by Crippen LogP contribution is 2.40. The fourth-order valence-corrected chi connectivity index (χ4v) is 4.92. The van der Waals surface area contributed by atoms with E-state index in [-0.39, 0.29) is 0 Å². The first kappa shape index (κ1) is 15.8. The Hall–Kier alpha value is -0.543. The average molecular weight is 352 g/mol. The number of nitrogens with zero attached hydrogens (tertiary/aromatic N) is 1. The lowest BCUT2D eigenvalue weighted by atomic mass is 9.90. The molecule has 2 rings (SSSR count). The van der Waals surface area contributed by atoms with Gasteiger partial charge in [-0.2, -0.15) is 0 Å². The van der Waals surface area contributed by atoms with Crippen molar-refractivity contribution in [2.75, 3.05) is 0 Å². The second kappa shape index (κ2) is 5.68. The molecular formula is C17H26BrNSi. The van der Waals surface area contributed by atoms with Crippen LogP contribution in [0.15, 0.2) is 16.6 Å². The second-order valence-corrected chi connectivity index (χ2v) is 8.52. The molecule has 0 N–H and O–H groups in total. The van der Waals surface area contributed by atoms with Crippen LogP contribution in [0, 0.1) is 0 Å². The lowest BCUT2D eigenvalue weighted by Crippen LogP contribution is -2.04. The summed E-state index contributed by atoms with van der Waals surface area (Å²) in [5, 5.41) is 1.51. The Balaban J connectivity index is 3.00. The van der Waals surface area contributed by atoms with Gasteiger partial charge in [-0.15, -0.1) is 0 Å². The van der Waals surface area contributed by atoms with Crippen molar-refractivity contribution in [2.45, 2.75) is 59.3 Å². The van der Waals surface area contributed by atoms with Gasteiger partial charge in [0.1, 0.15) is 10.4 Å². The van der Waals surface area contributed by atoms with Crippen LogP contribution in [0.2, 0.25) is 0 Å². The number of rotatable bonds is 3. The minimum atomic E-state index is 0.552. The van der Waals surface area contributed by atoms with E-state index in [0.29, 0.717) is 17.8 Å². The molecule has 2 aromatic rings. The molecule has 3 heteroatoms. The van der Waals surface area contributed by atoms with Crippen molar-refractivity contribution in [3.05, 3.63) is 33.4 Å². The van der Waals surface area contributed by atoms with Gasteiger partial charge >= 0.3 is 0 Å². The molecule has 0 aliphatic rings. The van der Waals surface area contributed by atoms with Gasteiger partial charge in [0, 0.05) is 21.1 Å². The molecule has 1 nitrogen and oxygen atoms in total. The van der Waals surface area contributed by atoms with Gasteiger partial charge in [0.15, 0.2) is 0 Å². The Morgan fingerprint density at radius 2 is 1.55 bits per heavy atom. The fourth-order valence-electron chi connectivity index (χ4n) is 3.35. The van der Waals surface area contributed by atoms with Crippen LogP contribution >= 0.6 is 15.9 Å². The maximum Gasteiger partial charge on any atom is 0.113 e. The molecule has 1 aromatic heterocycles. The van der Waals surface area contributed by atoms with E-state index in [0.717, 1.165) is 10.4 Å². The minimum Gasteiger partial charge on any atom is -0.380 e. The van der Waals surface area contributed by atoms with Crippen LogP contribution in [0.5, 0.6) is 0 Å². The van der Waals surface area contributed by atoms with Gasteiger partial charge in [-0.25, -0.2) is 0 Å². The predicted octanol–water partition coefficient (Wildman–Crippen LogP) is 4.90. The van der Waals surface area contributed by atoms with Crippen molar-refractivity contribution in [1.29, 1.82) is 0 Å². The monoisotopic (exact) mass is 351 g/mol. The Morgan fingerprint density at radius 1 is 0.950 bits per heavy atom. The van der Waals surface area contributed by atoms with E-state index in [1.54, 1.807) is 11.3 Å². The van der Waals surface area contributed by atoms with Crippen LogP contribution in [0.3, 0.4) is 0 Å². The molecule has 0 aliphatic heterocycles. The summed E-state index contributed by atoms with van der Waals surface area (Å²) >= 11 is 3.70. The normalized spacial score (nSPS) is 12.5. The third-order valence-electron chi connectivity index (χ3n) is 4.13. The minimum absolute atomic E-state index is 0.552. The number of fused-ring (bicyclic) bond motifs is 1. The molecule has 20 heavy (non-hydrogen) atoms. The van der Waals surface area contributed by atoms with Crippen molar-refractivity contribution in [3.63, 3.8) is 0 Å². The average Bonchev–Trinajstić information content (AvgIpc) is 2.62. The lowest BCUT2D eigenvalue weighted by Gasteiger charge is -2.15. The molecule has 0 spiro atoms. The van der Waals surface area contributed by atoms with E-state index < -0.39 is 0 Å². The van der Waals surface area contributed by atoms with E-state index in [4.69, 9.17) is 0 Å². The first-order chi connectivity index (χ1) is 9.25. The van der Waals surface area contributed by atoms with Crippen molar-refractivity contribution >= 4 is 37.2 Å². The maximum absolute atomic E-state index is 3.70. The fraction of sp³-hybridized carbons (Fsp3) is 0.529. The van der Waals surface area contributed by atoms with Crippen LogP contribution in [0.25, 0.3) is 10.9 Å². The number of aromatic nitrogens is 1. The largest absolute Gasteiger partial charge is 0.380 e. The highest BCUT2D eigenvalue weighted by molar-refractivity contribution is 9.10. The standard InChI is InChI=1S/C17H26BrNSi/c1-9(2)13-7-12(18)8-14-16(13)15(10(3)4)17(11(5)6)19(14)20/h7-11H,1-6,20H3. The molecule has 0 aliphatic carbocycles. The molecule has 0 unspecified atom stereocenters. The van der Waals surface area contributed by atoms with E-state index >= 15 is 0 Å². The number of benzene rings is 1. The van der Waals surface area contributed by atoms with Gasteiger partial charge in [-0.05, 0) is 41.0 Å². The molecule has 0 bridgehead atoms. The van der Waals surface area contributed by atoms with E-state index in [9.17, 15) is 0 Å². The molecule has 0 radical (unpaired) electrons. The van der Waals surface area contributed by atoms with Crippen LogP contribution in [-0.4, -0.2) is 14.6 Å². The Morgan fingerprint density at radius 3 is 2.00 bits per heavy atom. The van der Waals surface area contributed by atoms with Crippen molar-refractivity contribution < 1.29 is 0 Å². The molecule has 1 aromatic carbocycles. The van der Waals surface area contributed by atoms with Crippen LogP contribution in [-0.2, 0) is 0 Å². The van der Waals surface area contributed by atoms with Crippen molar-refractivity contribution in [1.82, 2.24) is 4.23 Å². The first-order valence-corrected chi connectivity index (χ1v) is 9.26. The van der Waals surface area contributed by atoms with E-state index in [1.165, 1.54) is 20.9 Å². The quantitative estimate of drug-likeness (QED) is 0.692. The summed E-state index contributed by atoms with van der Waals surface area (Å²) < 4.78 is 3.74. The molecule has 0 saturated heterocycles. The lowest BCUT2D eigenvalue weighted by molar-refractivity contribution is 0.766. The zero-order valence-electron chi connectivity index (χ0n) is 13.7. The van der Waals surface area contributed by atoms with Gasteiger partial charge in [0.25, 0.3) is 0 Å². The Bertz CT molecular complexity index is 638. The maximum atomic E-state index is 3.70. The molecule has 110 valence electrons. The summed E-state index contributed by atoms with van der Waals surface area (Å²) in [5.74, 6) is 1.71. The molecule has 0 fully saturated rings. The van der Waals surface area contributed by atoms with E-state index in [1.807, 2.05) is 0 Å². The Kier molecular flexibility index (Phi) is 4.50. The third kappa shape index (κ3) is 2.50. The molecule has 1 heterocycles. The highest BCUT2D eigenvalue weighted by atomic mass is 79.9. The summed E-state index contributed by atoms with van der Waals surface area (Å²) in [4.78, 5) is 0. The van der Waals surface area contributed by atoms with Gasteiger partial charge in [-0.3, -0.25) is 0 Å². The molecular weight excluding hydrogens is 326 g/mol. The second-order valence-electron chi connectivity index (χ2n) is 6.71. The summed E-state index contributed by atoms with van der Waals surface area (Å²) in [7, 11) is 1.04. The van der Waals surface area contributed by atoms with Gasteiger partial charge < -0.3 is 4.23 Å². The van der Waals surface area contributed by atoms with Gasteiger partial charge in [0.2, 0.25) is 0 Å². The third-order valence-corrected chi connectivity index (χ3v) is 5.55.